The predicted molar refractivity (Wildman–Crippen MR) is 76.7 cm³/mol. The Morgan fingerprint density at radius 3 is 2.72 bits per heavy atom. The van der Waals surface area contributed by atoms with Crippen LogP contribution in [0.1, 0.15) is 0 Å². The highest BCUT2D eigenvalue weighted by molar-refractivity contribution is 5.94. The van der Waals surface area contributed by atoms with Gasteiger partial charge in [0.05, 0.1) is 5.52 Å². The summed E-state index contributed by atoms with van der Waals surface area (Å²) in [7, 11) is 1.93. The normalized spacial score (nSPS) is 10.5. The van der Waals surface area contributed by atoms with Crippen LogP contribution < -0.4 is 5.32 Å². The topological polar surface area (TPSA) is 24.9 Å². The van der Waals surface area contributed by atoms with E-state index in [1.165, 1.54) is 16.5 Å². The fourth-order valence-corrected chi connectivity index (χ4v) is 2.20. The van der Waals surface area contributed by atoms with Crippen molar-refractivity contribution in [3.05, 3.63) is 60.8 Å². The second-order valence-corrected chi connectivity index (χ2v) is 4.21. The Morgan fingerprint density at radius 1 is 0.944 bits per heavy atom. The average Bonchev–Trinajstić information content (AvgIpc) is 2.47. The third kappa shape index (κ3) is 1.82. The van der Waals surface area contributed by atoms with E-state index in [1.54, 1.807) is 0 Å². The molecule has 3 aromatic rings. The molecule has 1 N–H and O–H groups in total. The number of hydrogen-bond donors (Lipinski definition) is 1. The summed E-state index contributed by atoms with van der Waals surface area (Å²) in [6.07, 6.45) is 1.83. The lowest BCUT2D eigenvalue weighted by atomic mass is 10.0. The highest BCUT2D eigenvalue weighted by atomic mass is 14.8. The van der Waals surface area contributed by atoms with Crippen molar-refractivity contribution >= 4 is 16.6 Å². The second-order valence-electron chi connectivity index (χ2n) is 4.21. The van der Waals surface area contributed by atoms with E-state index < -0.39 is 0 Å². The van der Waals surface area contributed by atoms with E-state index in [1.807, 2.05) is 25.4 Å². The van der Waals surface area contributed by atoms with Crippen LogP contribution in [0.25, 0.3) is 22.0 Å². The van der Waals surface area contributed by atoms with Crippen molar-refractivity contribution in [2.45, 2.75) is 0 Å². The lowest BCUT2D eigenvalue weighted by Gasteiger charge is -2.08. The summed E-state index contributed by atoms with van der Waals surface area (Å²) in [5, 5.41) is 4.36. The highest BCUT2D eigenvalue weighted by Crippen LogP contribution is 2.28. The first-order valence-corrected chi connectivity index (χ1v) is 6.00. The lowest BCUT2D eigenvalue weighted by Crippen LogP contribution is -1.88. The van der Waals surface area contributed by atoms with Crippen LogP contribution in [0.15, 0.2) is 60.8 Å². The Labute approximate surface area is 106 Å². The van der Waals surface area contributed by atoms with E-state index in [9.17, 15) is 0 Å². The molecular weight excluding hydrogens is 220 g/mol. The number of hydrogen-bond acceptors (Lipinski definition) is 2. The van der Waals surface area contributed by atoms with Crippen LogP contribution in [0.2, 0.25) is 0 Å². The minimum absolute atomic E-state index is 1.03. The summed E-state index contributed by atoms with van der Waals surface area (Å²) in [6.45, 7) is 0. The van der Waals surface area contributed by atoms with E-state index in [0.29, 0.717) is 0 Å². The van der Waals surface area contributed by atoms with E-state index in [4.69, 9.17) is 0 Å². The zero-order valence-corrected chi connectivity index (χ0v) is 10.2. The third-order valence-electron chi connectivity index (χ3n) is 3.11. The standard InChI is InChI=1S/C16H14N2/c1-17-13-6-2-5-12(11-13)14-7-3-9-16-15(14)8-4-10-18-16/h2-11,17H,1H3. The van der Waals surface area contributed by atoms with Gasteiger partial charge < -0.3 is 5.32 Å². The van der Waals surface area contributed by atoms with Gasteiger partial charge in [0.1, 0.15) is 0 Å². The first-order valence-electron chi connectivity index (χ1n) is 6.00. The van der Waals surface area contributed by atoms with E-state index in [2.05, 4.69) is 52.8 Å². The van der Waals surface area contributed by atoms with Crippen LogP contribution in [0.4, 0.5) is 5.69 Å². The molecule has 88 valence electrons. The van der Waals surface area contributed by atoms with Crippen LogP contribution in [0.3, 0.4) is 0 Å². The minimum Gasteiger partial charge on any atom is -0.388 e. The summed E-state index contributed by atoms with van der Waals surface area (Å²) in [6, 6.07) is 18.7. The number of rotatable bonds is 2. The number of aromatic nitrogens is 1. The summed E-state index contributed by atoms with van der Waals surface area (Å²) >= 11 is 0. The quantitative estimate of drug-likeness (QED) is 0.726. The molecular formula is C16H14N2. The van der Waals surface area contributed by atoms with Crippen molar-refractivity contribution < 1.29 is 0 Å². The van der Waals surface area contributed by atoms with Gasteiger partial charge in [-0.25, -0.2) is 0 Å². The Hall–Kier alpha value is -2.35. The molecule has 0 aliphatic carbocycles. The number of anilines is 1. The van der Waals surface area contributed by atoms with Crippen LogP contribution in [-0.2, 0) is 0 Å². The average molecular weight is 234 g/mol. The van der Waals surface area contributed by atoms with Crippen LogP contribution in [0, 0.1) is 0 Å². The number of nitrogens with one attached hydrogen (secondary N) is 1. The summed E-state index contributed by atoms with van der Waals surface area (Å²) < 4.78 is 0. The molecule has 3 rings (SSSR count). The molecule has 0 atom stereocenters. The lowest BCUT2D eigenvalue weighted by molar-refractivity contribution is 1.41. The molecule has 1 aromatic heterocycles. The van der Waals surface area contributed by atoms with Gasteiger partial charge in [-0.05, 0) is 35.4 Å². The van der Waals surface area contributed by atoms with E-state index >= 15 is 0 Å². The van der Waals surface area contributed by atoms with E-state index in [0.717, 1.165) is 11.2 Å². The molecule has 0 aliphatic rings. The van der Waals surface area contributed by atoms with Crippen molar-refractivity contribution in [1.29, 1.82) is 0 Å². The van der Waals surface area contributed by atoms with Gasteiger partial charge in [-0.2, -0.15) is 0 Å². The first kappa shape index (κ1) is 10.8. The van der Waals surface area contributed by atoms with Crippen molar-refractivity contribution in [2.24, 2.45) is 0 Å². The molecule has 0 unspecified atom stereocenters. The van der Waals surface area contributed by atoms with Gasteiger partial charge >= 0.3 is 0 Å². The summed E-state index contributed by atoms with van der Waals surface area (Å²) in [5.41, 5.74) is 4.58. The van der Waals surface area contributed by atoms with Gasteiger partial charge in [0.25, 0.3) is 0 Å². The summed E-state index contributed by atoms with van der Waals surface area (Å²) in [4.78, 5) is 4.39. The van der Waals surface area contributed by atoms with Crippen molar-refractivity contribution in [3.8, 4) is 11.1 Å². The van der Waals surface area contributed by atoms with Crippen molar-refractivity contribution in [2.75, 3.05) is 12.4 Å². The fourth-order valence-electron chi connectivity index (χ4n) is 2.20. The maximum absolute atomic E-state index is 4.39. The Kier molecular flexibility index (Phi) is 2.69. The molecule has 2 nitrogen and oxygen atoms in total. The van der Waals surface area contributed by atoms with Crippen LogP contribution >= 0.6 is 0 Å². The first-order chi connectivity index (χ1) is 8.88. The number of pyridine rings is 1. The highest BCUT2D eigenvalue weighted by Gasteiger charge is 2.04. The number of nitrogens with zero attached hydrogens (tertiary/aromatic N) is 1. The maximum Gasteiger partial charge on any atom is 0.0708 e. The molecule has 1 heterocycles. The predicted octanol–water partition coefficient (Wildman–Crippen LogP) is 3.94. The molecule has 0 amide bonds. The molecule has 18 heavy (non-hydrogen) atoms. The zero-order valence-electron chi connectivity index (χ0n) is 10.2. The molecule has 0 bridgehead atoms. The van der Waals surface area contributed by atoms with Gasteiger partial charge in [-0.15, -0.1) is 0 Å². The molecule has 0 saturated heterocycles. The number of benzene rings is 2. The van der Waals surface area contributed by atoms with Crippen molar-refractivity contribution in [3.63, 3.8) is 0 Å². The minimum atomic E-state index is 1.03. The third-order valence-corrected chi connectivity index (χ3v) is 3.11. The summed E-state index contributed by atoms with van der Waals surface area (Å²) in [5.74, 6) is 0. The Morgan fingerprint density at radius 2 is 1.83 bits per heavy atom. The molecule has 0 fully saturated rings. The molecule has 0 radical (unpaired) electrons. The van der Waals surface area contributed by atoms with Gasteiger partial charge in [-0.1, -0.05) is 30.3 Å². The van der Waals surface area contributed by atoms with Crippen molar-refractivity contribution in [1.82, 2.24) is 4.98 Å². The molecule has 0 spiro atoms. The zero-order chi connectivity index (χ0) is 12.4. The smallest absolute Gasteiger partial charge is 0.0708 e. The van der Waals surface area contributed by atoms with Gasteiger partial charge in [0.15, 0.2) is 0 Å². The fraction of sp³-hybridized carbons (Fsp3) is 0.0625. The Balaban J connectivity index is 2.24. The van der Waals surface area contributed by atoms with Gasteiger partial charge in [0, 0.05) is 24.3 Å². The molecule has 0 aliphatic heterocycles. The number of fused-ring (bicyclic) bond motifs is 1. The monoisotopic (exact) mass is 234 g/mol. The second kappa shape index (κ2) is 4.49. The largest absolute Gasteiger partial charge is 0.388 e. The molecule has 2 aromatic carbocycles. The van der Waals surface area contributed by atoms with E-state index in [-0.39, 0.29) is 0 Å². The van der Waals surface area contributed by atoms with Gasteiger partial charge in [0.2, 0.25) is 0 Å². The molecule has 2 heteroatoms. The van der Waals surface area contributed by atoms with Gasteiger partial charge in [-0.3, -0.25) is 4.98 Å². The molecule has 0 saturated carbocycles. The Bertz CT molecular complexity index is 684. The maximum atomic E-state index is 4.39. The van der Waals surface area contributed by atoms with Crippen LogP contribution in [0.5, 0.6) is 0 Å². The SMILES string of the molecule is CNc1cccc(-c2cccc3ncccc23)c1. The van der Waals surface area contributed by atoms with Crippen LogP contribution in [-0.4, -0.2) is 12.0 Å².